The molecule has 5 heteroatoms. The van der Waals surface area contributed by atoms with Crippen molar-refractivity contribution in [2.45, 2.75) is 25.3 Å². The van der Waals surface area contributed by atoms with E-state index in [0.29, 0.717) is 18.7 Å². The second-order valence-corrected chi connectivity index (χ2v) is 7.56. The largest absolute Gasteiger partial charge is 0.335 e. The minimum Gasteiger partial charge on any atom is -0.335 e. The monoisotopic (exact) mass is 331 g/mol. The number of hydrogen-bond donors (Lipinski definition) is 0. The maximum atomic E-state index is 12.6. The molecule has 4 nitrogen and oxygen atoms in total. The van der Waals surface area contributed by atoms with E-state index >= 15 is 0 Å². The molecular weight excluding hydrogens is 310 g/mol. The molecule has 0 unspecified atom stereocenters. The fraction of sp³-hybridized carbons (Fsp3) is 0.278. The van der Waals surface area contributed by atoms with Gasteiger partial charge < -0.3 is 4.90 Å². The SMILES string of the molecule is CCN(Cc1ccccc1C)C(=O)c1ccc(S(C)(=O)=O)cc1. The zero-order valence-corrected chi connectivity index (χ0v) is 14.4. The topological polar surface area (TPSA) is 54.5 Å². The standard InChI is InChI=1S/C18H21NO3S/c1-4-19(13-16-8-6-5-7-14(16)2)18(20)15-9-11-17(12-10-15)23(3,21)22/h5-12H,4,13H2,1-3H3. The van der Waals surface area contributed by atoms with E-state index in [2.05, 4.69) is 0 Å². The lowest BCUT2D eigenvalue weighted by molar-refractivity contribution is 0.0752. The van der Waals surface area contributed by atoms with Crippen LogP contribution in [0.3, 0.4) is 0 Å². The molecule has 1 amide bonds. The van der Waals surface area contributed by atoms with Crippen molar-refractivity contribution in [2.24, 2.45) is 0 Å². The van der Waals surface area contributed by atoms with Crippen molar-refractivity contribution < 1.29 is 13.2 Å². The minimum absolute atomic E-state index is 0.101. The smallest absolute Gasteiger partial charge is 0.254 e. The average Bonchev–Trinajstić information content (AvgIpc) is 2.53. The summed E-state index contributed by atoms with van der Waals surface area (Å²) in [4.78, 5) is 14.6. The van der Waals surface area contributed by atoms with E-state index in [-0.39, 0.29) is 10.8 Å². The maximum absolute atomic E-state index is 12.6. The highest BCUT2D eigenvalue weighted by atomic mass is 32.2. The molecule has 0 radical (unpaired) electrons. The van der Waals surface area contributed by atoms with Crippen LogP contribution in [-0.4, -0.2) is 32.0 Å². The highest BCUT2D eigenvalue weighted by Crippen LogP contribution is 2.15. The molecule has 122 valence electrons. The Balaban J connectivity index is 2.21. The van der Waals surface area contributed by atoms with Crippen LogP contribution in [0.1, 0.15) is 28.4 Å². The summed E-state index contributed by atoms with van der Waals surface area (Å²) in [6.45, 7) is 5.08. The quantitative estimate of drug-likeness (QED) is 0.846. The van der Waals surface area contributed by atoms with E-state index in [9.17, 15) is 13.2 Å². The number of aryl methyl sites for hydroxylation is 1. The van der Waals surface area contributed by atoms with E-state index in [0.717, 1.165) is 17.4 Å². The van der Waals surface area contributed by atoms with Crippen molar-refractivity contribution in [3.8, 4) is 0 Å². The van der Waals surface area contributed by atoms with Gasteiger partial charge in [0.1, 0.15) is 0 Å². The van der Waals surface area contributed by atoms with Crippen molar-refractivity contribution in [3.63, 3.8) is 0 Å². The van der Waals surface area contributed by atoms with Gasteiger partial charge in [-0.15, -0.1) is 0 Å². The van der Waals surface area contributed by atoms with Crippen molar-refractivity contribution in [1.29, 1.82) is 0 Å². The van der Waals surface area contributed by atoms with Crippen LogP contribution in [0.25, 0.3) is 0 Å². The Morgan fingerprint density at radius 2 is 1.65 bits per heavy atom. The lowest BCUT2D eigenvalue weighted by atomic mass is 10.1. The van der Waals surface area contributed by atoms with Crippen LogP contribution in [-0.2, 0) is 16.4 Å². The molecule has 0 saturated carbocycles. The van der Waals surface area contributed by atoms with Gasteiger partial charge in [0, 0.05) is 24.9 Å². The Labute approximate surface area is 137 Å². The number of carbonyl (C=O) groups excluding carboxylic acids is 1. The van der Waals surface area contributed by atoms with E-state index in [4.69, 9.17) is 0 Å². The maximum Gasteiger partial charge on any atom is 0.254 e. The van der Waals surface area contributed by atoms with Crippen molar-refractivity contribution in [3.05, 3.63) is 65.2 Å². The summed E-state index contributed by atoms with van der Waals surface area (Å²) < 4.78 is 23.0. The molecule has 0 aliphatic rings. The van der Waals surface area contributed by atoms with Crippen molar-refractivity contribution in [2.75, 3.05) is 12.8 Å². The molecule has 2 aromatic carbocycles. The Hall–Kier alpha value is -2.14. The number of carbonyl (C=O) groups is 1. The molecule has 0 aliphatic heterocycles. The predicted molar refractivity (Wildman–Crippen MR) is 91.1 cm³/mol. The molecule has 0 aromatic heterocycles. The Kier molecular flexibility index (Phi) is 5.21. The molecular formula is C18H21NO3S. The van der Waals surface area contributed by atoms with Gasteiger partial charge in [-0.05, 0) is 49.2 Å². The number of amides is 1. The van der Waals surface area contributed by atoms with Crippen LogP contribution in [0, 0.1) is 6.92 Å². The minimum atomic E-state index is -3.25. The number of sulfone groups is 1. The molecule has 0 saturated heterocycles. The number of nitrogens with zero attached hydrogens (tertiary/aromatic N) is 1. The highest BCUT2D eigenvalue weighted by Gasteiger charge is 2.16. The van der Waals surface area contributed by atoms with Crippen molar-refractivity contribution in [1.82, 2.24) is 4.90 Å². The molecule has 0 spiro atoms. The molecule has 2 rings (SSSR count). The number of hydrogen-bond acceptors (Lipinski definition) is 3. The van der Waals surface area contributed by atoms with Crippen LogP contribution in [0.15, 0.2) is 53.4 Å². The molecule has 0 bridgehead atoms. The molecule has 2 aromatic rings. The Morgan fingerprint density at radius 1 is 1.04 bits per heavy atom. The summed E-state index contributed by atoms with van der Waals surface area (Å²) in [6.07, 6.45) is 1.15. The number of benzene rings is 2. The second-order valence-electron chi connectivity index (χ2n) is 5.54. The van der Waals surface area contributed by atoms with Crippen molar-refractivity contribution >= 4 is 15.7 Å². The van der Waals surface area contributed by atoms with Crippen LogP contribution in [0.4, 0.5) is 0 Å². The van der Waals surface area contributed by atoms with E-state index in [1.165, 1.54) is 12.1 Å². The van der Waals surface area contributed by atoms with Gasteiger partial charge in [-0.3, -0.25) is 4.79 Å². The van der Waals surface area contributed by atoms with E-state index in [1.54, 1.807) is 17.0 Å². The molecule has 0 N–H and O–H groups in total. The van der Waals surface area contributed by atoms with E-state index < -0.39 is 9.84 Å². The van der Waals surface area contributed by atoms with Crippen LogP contribution >= 0.6 is 0 Å². The summed E-state index contributed by atoms with van der Waals surface area (Å²) in [7, 11) is -3.25. The summed E-state index contributed by atoms with van der Waals surface area (Å²) in [6, 6.07) is 14.1. The summed E-state index contributed by atoms with van der Waals surface area (Å²) in [5.74, 6) is -0.101. The zero-order valence-electron chi connectivity index (χ0n) is 13.6. The van der Waals surface area contributed by atoms with Gasteiger partial charge in [0.25, 0.3) is 5.91 Å². The molecule has 0 fully saturated rings. The van der Waals surface area contributed by atoms with Gasteiger partial charge in [-0.25, -0.2) is 8.42 Å². The average molecular weight is 331 g/mol. The third kappa shape index (κ3) is 4.20. The predicted octanol–water partition coefficient (Wildman–Crippen LogP) is 3.06. The molecule has 23 heavy (non-hydrogen) atoms. The third-order valence-corrected chi connectivity index (χ3v) is 4.95. The molecule has 0 aliphatic carbocycles. The van der Waals surface area contributed by atoms with E-state index in [1.807, 2.05) is 38.1 Å². The van der Waals surface area contributed by atoms with Gasteiger partial charge in [-0.2, -0.15) is 0 Å². The fourth-order valence-electron chi connectivity index (χ4n) is 2.35. The third-order valence-electron chi connectivity index (χ3n) is 3.82. The number of rotatable bonds is 5. The van der Waals surface area contributed by atoms with Gasteiger partial charge in [-0.1, -0.05) is 24.3 Å². The fourth-order valence-corrected chi connectivity index (χ4v) is 2.98. The normalized spacial score (nSPS) is 11.3. The first-order valence-electron chi connectivity index (χ1n) is 7.47. The highest BCUT2D eigenvalue weighted by molar-refractivity contribution is 7.90. The summed E-state index contributed by atoms with van der Waals surface area (Å²) in [5, 5.41) is 0. The van der Waals surface area contributed by atoms with Crippen LogP contribution in [0.2, 0.25) is 0 Å². The first kappa shape index (κ1) is 17.2. The van der Waals surface area contributed by atoms with Gasteiger partial charge >= 0.3 is 0 Å². The summed E-state index contributed by atoms with van der Waals surface area (Å²) in [5.41, 5.74) is 2.74. The van der Waals surface area contributed by atoms with Gasteiger partial charge in [0.2, 0.25) is 0 Å². The summed E-state index contributed by atoms with van der Waals surface area (Å²) >= 11 is 0. The Bertz CT molecular complexity index is 795. The lowest BCUT2D eigenvalue weighted by Gasteiger charge is -2.22. The Morgan fingerprint density at radius 3 is 2.17 bits per heavy atom. The van der Waals surface area contributed by atoms with Crippen LogP contribution < -0.4 is 0 Å². The van der Waals surface area contributed by atoms with Gasteiger partial charge in [0.05, 0.1) is 4.90 Å². The first-order valence-corrected chi connectivity index (χ1v) is 9.36. The second kappa shape index (κ2) is 6.96. The molecule has 0 heterocycles. The zero-order chi connectivity index (χ0) is 17.0. The first-order chi connectivity index (χ1) is 10.8. The molecule has 0 atom stereocenters. The van der Waals surface area contributed by atoms with Gasteiger partial charge in [0.15, 0.2) is 9.84 Å². The lowest BCUT2D eigenvalue weighted by Crippen LogP contribution is -2.30. The van der Waals surface area contributed by atoms with Crippen LogP contribution in [0.5, 0.6) is 0 Å².